The van der Waals surface area contributed by atoms with Gasteiger partial charge in [-0.15, -0.1) is 0 Å². The molecule has 1 aliphatic rings. The number of carbonyl (C=O) groups excluding carboxylic acids is 1. The number of halogens is 2. The third-order valence-corrected chi connectivity index (χ3v) is 9.06. The highest BCUT2D eigenvalue weighted by Crippen LogP contribution is 2.33. The van der Waals surface area contributed by atoms with Crippen molar-refractivity contribution in [2.24, 2.45) is 0 Å². The van der Waals surface area contributed by atoms with Crippen LogP contribution in [0, 0.1) is 11.6 Å². The van der Waals surface area contributed by atoms with Gasteiger partial charge in [0.05, 0.1) is 35.5 Å². The molecule has 13 heteroatoms. The van der Waals surface area contributed by atoms with Crippen LogP contribution in [0.15, 0.2) is 41.3 Å². The standard InChI is InChI=1S/C25H29F2N3O6S2/c1-34-12-9-29(10-13-35-2)38(32,33)20-7-5-17(6-8-20)24(31)30(16-19-4-3-11-36-19)25-28-23-21(27)14-18(26)15-22(23)37-25/h5-8,14-15,19H,3-4,9-13,16H2,1-2H3. The maximum atomic E-state index is 14.3. The van der Waals surface area contributed by atoms with Crippen molar-refractivity contribution in [2.45, 2.75) is 23.8 Å². The van der Waals surface area contributed by atoms with Crippen molar-refractivity contribution < 1.29 is 36.2 Å². The van der Waals surface area contributed by atoms with Crippen molar-refractivity contribution in [3.05, 3.63) is 53.6 Å². The van der Waals surface area contributed by atoms with Gasteiger partial charge in [-0.2, -0.15) is 4.31 Å². The number of sulfonamides is 1. The average Bonchev–Trinajstić information content (AvgIpc) is 3.57. The molecule has 0 N–H and O–H groups in total. The first-order valence-electron chi connectivity index (χ1n) is 12.0. The molecule has 3 aromatic rings. The van der Waals surface area contributed by atoms with E-state index in [2.05, 4.69) is 4.98 Å². The molecule has 1 saturated heterocycles. The highest BCUT2D eigenvalue weighted by Gasteiger charge is 2.29. The second kappa shape index (κ2) is 12.5. The molecule has 1 aromatic heterocycles. The van der Waals surface area contributed by atoms with E-state index in [9.17, 15) is 22.0 Å². The molecule has 2 heterocycles. The van der Waals surface area contributed by atoms with E-state index in [1.165, 1.54) is 53.8 Å². The number of anilines is 1. The summed E-state index contributed by atoms with van der Waals surface area (Å²) >= 11 is 0.999. The zero-order chi connectivity index (χ0) is 27.3. The number of ether oxygens (including phenoxy) is 3. The number of fused-ring (bicyclic) bond motifs is 1. The minimum Gasteiger partial charge on any atom is -0.383 e. The van der Waals surface area contributed by atoms with Crippen LogP contribution in [0.1, 0.15) is 23.2 Å². The predicted molar refractivity (Wildman–Crippen MR) is 139 cm³/mol. The number of nitrogens with zero attached hydrogens (tertiary/aromatic N) is 3. The lowest BCUT2D eigenvalue weighted by atomic mass is 10.2. The molecule has 0 bridgehead atoms. The van der Waals surface area contributed by atoms with E-state index >= 15 is 0 Å². The number of hydrogen-bond acceptors (Lipinski definition) is 8. The number of hydrogen-bond donors (Lipinski definition) is 0. The number of benzene rings is 2. The average molecular weight is 570 g/mol. The van der Waals surface area contributed by atoms with Crippen molar-refractivity contribution in [1.29, 1.82) is 0 Å². The summed E-state index contributed by atoms with van der Waals surface area (Å²) in [5, 5.41) is 0.201. The Balaban J connectivity index is 1.63. The van der Waals surface area contributed by atoms with Crippen LogP contribution in [-0.4, -0.2) is 83.4 Å². The number of carbonyl (C=O) groups is 1. The first-order valence-corrected chi connectivity index (χ1v) is 14.3. The molecule has 0 saturated carbocycles. The molecule has 206 valence electrons. The highest BCUT2D eigenvalue weighted by molar-refractivity contribution is 7.89. The number of methoxy groups -OCH3 is 2. The largest absolute Gasteiger partial charge is 0.383 e. The second-order valence-electron chi connectivity index (χ2n) is 8.70. The molecular weight excluding hydrogens is 540 g/mol. The van der Waals surface area contributed by atoms with E-state index in [-0.39, 0.29) is 64.8 Å². The summed E-state index contributed by atoms with van der Waals surface area (Å²) in [6.07, 6.45) is 1.36. The Bertz CT molecular complexity index is 1350. The van der Waals surface area contributed by atoms with Gasteiger partial charge in [-0.25, -0.2) is 22.2 Å². The van der Waals surface area contributed by atoms with Gasteiger partial charge in [-0.1, -0.05) is 11.3 Å². The number of rotatable bonds is 12. The molecular formula is C25H29F2N3O6S2. The monoisotopic (exact) mass is 569 g/mol. The third-order valence-electron chi connectivity index (χ3n) is 6.12. The maximum Gasteiger partial charge on any atom is 0.260 e. The smallest absolute Gasteiger partial charge is 0.260 e. The van der Waals surface area contributed by atoms with Crippen molar-refractivity contribution >= 4 is 42.6 Å². The van der Waals surface area contributed by atoms with Crippen molar-refractivity contribution in [1.82, 2.24) is 9.29 Å². The van der Waals surface area contributed by atoms with E-state index in [4.69, 9.17) is 14.2 Å². The van der Waals surface area contributed by atoms with Crippen LogP contribution in [-0.2, 0) is 24.2 Å². The molecule has 0 aliphatic carbocycles. The Kier molecular flexibility index (Phi) is 9.39. The number of aromatic nitrogens is 1. The predicted octanol–water partition coefficient (Wildman–Crippen LogP) is 3.68. The van der Waals surface area contributed by atoms with E-state index < -0.39 is 27.6 Å². The molecule has 38 heavy (non-hydrogen) atoms. The molecule has 0 radical (unpaired) electrons. The lowest BCUT2D eigenvalue weighted by Crippen LogP contribution is -2.38. The summed E-state index contributed by atoms with van der Waals surface area (Å²) in [6.45, 7) is 1.46. The van der Waals surface area contributed by atoms with Crippen LogP contribution in [0.5, 0.6) is 0 Å². The fraction of sp³-hybridized carbons (Fsp3) is 0.440. The second-order valence-corrected chi connectivity index (χ2v) is 11.6. The Morgan fingerprint density at radius 3 is 2.42 bits per heavy atom. The minimum absolute atomic E-state index is 0.0180. The topological polar surface area (TPSA) is 98.3 Å². The summed E-state index contributed by atoms with van der Waals surface area (Å²) in [7, 11) is -0.892. The summed E-state index contributed by atoms with van der Waals surface area (Å²) < 4.78 is 71.8. The van der Waals surface area contributed by atoms with Crippen molar-refractivity contribution in [3.8, 4) is 0 Å². The normalized spacial score (nSPS) is 16.0. The lowest BCUT2D eigenvalue weighted by molar-refractivity contribution is 0.0917. The van der Waals surface area contributed by atoms with E-state index in [0.717, 1.165) is 30.2 Å². The summed E-state index contributed by atoms with van der Waals surface area (Å²) in [5.41, 5.74) is 0.193. The quantitative estimate of drug-likeness (QED) is 0.328. The van der Waals surface area contributed by atoms with Crippen LogP contribution in [0.4, 0.5) is 13.9 Å². The van der Waals surface area contributed by atoms with Gasteiger partial charge < -0.3 is 14.2 Å². The van der Waals surface area contributed by atoms with Gasteiger partial charge in [0.25, 0.3) is 5.91 Å². The molecule has 9 nitrogen and oxygen atoms in total. The van der Waals surface area contributed by atoms with Gasteiger partial charge in [-0.05, 0) is 43.2 Å². The van der Waals surface area contributed by atoms with Crippen LogP contribution in [0.2, 0.25) is 0 Å². The van der Waals surface area contributed by atoms with E-state index in [1.54, 1.807) is 0 Å². The van der Waals surface area contributed by atoms with Crippen LogP contribution in [0.25, 0.3) is 10.2 Å². The van der Waals surface area contributed by atoms with Gasteiger partial charge in [-0.3, -0.25) is 9.69 Å². The zero-order valence-electron chi connectivity index (χ0n) is 21.1. The fourth-order valence-electron chi connectivity index (χ4n) is 4.11. The molecule has 0 spiro atoms. The van der Waals surface area contributed by atoms with Gasteiger partial charge in [0, 0.05) is 45.5 Å². The molecule has 2 aromatic carbocycles. The van der Waals surface area contributed by atoms with Gasteiger partial charge >= 0.3 is 0 Å². The molecule has 1 fully saturated rings. The SMILES string of the molecule is COCCN(CCOC)S(=O)(=O)c1ccc(C(=O)N(CC2CCCO2)c2nc3c(F)cc(F)cc3s2)cc1. The number of thiazole rings is 1. The minimum atomic E-state index is -3.86. The summed E-state index contributed by atoms with van der Waals surface area (Å²) in [6, 6.07) is 7.51. The lowest BCUT2D eigenvalue weighted by Gasteiger charge is -2.24. The molecule has 1 aliphatic heterocycles. The summed E-state index contributed by atoms with van der Waals surface area (Å²) in [5.74, 6) is -2.00. The molecule has 1 amide bonds. The first-order chi connectivity index (χ1) is 18.2. The first kappa shape index (κ1) is 28.5. The van der Waals surface area contributed by atoms with Gasteiger partial charge in [0.2, 0.25) is 10.0 Å². The maximum absolute atomic E-state index is 14.3. The van der Waals surface area contributed by atoms with Crippen molar-refractivity contribution in [3.63, 3.8) is 0 Å². The molecule has 4 rings (SSSR count). The highest BCUT2D eigenvalue weighted by atomic mass is 32.2. The fourth-order valence-corrected chi connectivity index (χ4v) is 6.53. The zero-order valence-corrected chi connectivity index (χ0v) is 22.7. The van der Waals surface area contributed by atoms with E-state index in [0.29, 0.717) is 6.61 Å². The Morgan fingerprint density at radius 2 is 1.82 bits per heavy atom. The van der Waals surface area contributed by atoms with Gasteiger partial charge in [0.15, 0.2) is 10.9 Å². The summed E-state index contributed by atoms with van der Waals surface area (Å²) in [4.78, 5) is 19.3. The Labute approximate surface area is 224 Å². The van der Waals surface area contributed by atoms with Crippen molar-refractivity contribution in [2.75, 3.05) is 58.6 Å². The van der Waals surface area contributed by atoms with Crippen LogP contribution < -0.4 is 4.90 Å². The number of amides is 1. The van der Waals surface area contributed by atoms with Gasteiger partial charge in [0.1, 0.15) is 11.3 Å². The Hall–Kier alpha value is -2.55. The van der Waals surface area contributed by atoms with Crippen LogP contribution in [0.3, 0.4) is 0 Å². The molecule has 1 unspecified atom stereocenters. The Morgan fingerprint density at radius 1 is 1.13 bits per heavy atom. The third kappa shape index (κ3) is 6.35. The van der Waals surface area contributed by atoms with Crippen LogP contribution >= 0.6 is 11.3 Å². The van der Waals surface area contributed by atoms with E-state index in [1.807, 2.05) is 0 Å². The molecule has 1 atom stereocenters.